The van der Waals surface area contributed by atoms with Gasteiger partial charge in [0.1, 0.15) is 29.5 Å². The summed E-state index contributed by atoms with van der Waals surface area (Å²) in [6.07, 6.45) is -0.811. The van der Waals surface area contributed by atoms with Gasteiger partial charge in [0, 0.05) is 36.4 Å². The second kappa shape index (κ2) is 10.2. The Bertz CT molecular complexity index is 1620. The lowest BCUT2D eigenvalue weighted by molar-refractivity contribution is -0.158. The van der Waals surface area contributed by atoms with Gasteiger partial charge in [0.25, 0.3) is 0 Å². The Balaban J connectivity index is 1.51. The highest BCUT2D eigenvalue weighted by molar-refractivity contribution is 5.94. The van der Waals surface area contributed by atoms with Crippen molar-refractivity contribution in [3.8, 4) is 0 Å². The molecule has 1 amide bonds. The van der Waals surface area contributed by atoms with E-state index in [1.807, 2.05) is 30.3 Å². The Morgan fingerprint density at radius 2 is 1.66 bits per heavy atom. The molecule has 3 aromatic carbocycles. The van der Waals surface area contributed by atoms with Crippen LogP contribution in [-0.4, -0.2) is 53.7 Å². The summed E-state index contributed by atoms with van der Waals surface area (Å²) in [4.78, 5) is 20.0. The van der Waals surface area contributed by atoms with E-state index in [9.17, 15) is 13.6 Å². The van der Waals surface area contributed by atoms with E-state index >= 15 is 8.78 Å². The lowest BCUT2D eigenvalue weighted by Crippen LogP contribution is -2.68. The first kappa shape index (κ1) is 27.3. The molecule has 1 aliphatic heterocycles. The molecule has 1 spiro atoms. The van der Waals surface area contributed by atoms with Crippen LogP contribution >= 0.6 is 0 Å². The van der Waals surface area contributed by atoms with Crippen LogP contribution in [0.4, 0.5) is 17.6 Å². The van der Waals surface area contributed by atoms with Gasteiger partial charge in [-0.15, -0.1) is 0 Å². The third-order valence-corrected chi connectivity index (χ3v) is 8.99. The molecule has 1 fully saturated rings. The number of fused-ring (bicyclic) bond motifs is 4. The first-order valence-corrected chi connectivity index (χ1v) is 13.7. The molecule has 1 aliphatic carbocycles. The highest BCUT2D eigenvalue weighted by atomic mass is 19.2. The molecule has 212 valence electrons. The average molecular weight is 562 g/mol. The minimum Gasteiger partial charge on any atom is -0.356 e. The first-order valence-electron chi connectivity index (χ1n) is 13.7. The topological polar surface area (TPSA) is 39.3 Å². The molecule has 41 heavy (non-hydrogen) atoms. The summed E-state index contributed by atoms with van der Waals surface area (Å²) in [5, 5.41) is 0.556. The van der Waals surface area contributed by atoms with Gasteiger partial charge >= 0.3 is 0 Å². The number of aromatic nitrogens is 1. The Morgan fingerprint density at radius 3 is 2.34 bits per heavy atom. The van der Waals surface area contributed by atoms with Gasteiger partial charge in [-0.3, -0.25) is 9.69 Å². The van der Waals surface area contributed by atoms with E-state index < -0.39 is 41.0 Å². The quantitative estimate of drug-likeness (QED) is 0.223. The number of carbonyl (C=O) groups excluding carboxylic acids is 1. The predicted octanol–water partition coefficient (Wildman–Crippen LogP) is 6.67. The fraction of sp³-hybridized carbons (Fsp3) is 0.303. The summed E-state index contributed by atoms with van der Waals surface area (Å²) < 4.78 is 63.0. The molecule has 1 aromatic heterocycles. The van der Waals surface area contributed by atoms with Gasteiger partial charge in [-0.1, -0.05) is 42.5 Å². The number of hydrogen-bond donors (Lipinski definition) is 1. The molecular weight excluding hydrogens is 530 g/mol. The van der Waals surface area contributed by atoms with Gasteiger partial charge in [0.15, 0.2) is 0 Å². The highest BCUT2D eigenvalue weighted by Crippen LogP contribution is 2.56. The molecule has 0 radical (unpaired) electrons. The number of amides is 1. The van der Waals surface area contributed by atoms with Gasteiger partial charge in [-0.25, -0.2) is 17.6 Å². The number of rotatable bonds is 4. The third-order valence-electron chi connectivity index (χ3n) is 8.99. The van der Waals surface area contributed by atoms with Crippen LogP contribution in [0.3, 0.4) is 0 Å². The van der Waals surface area contributed by atoms with E-state index in [0.29, 0.717) is 28.5 Å². The molecule has 1 N–H and O–H groups in total. The van der Waals surface area contributed by atoms with Crippen LogP contribution in [0.25, 0.3) is 17.0 Å². The van der Waals surface area contributed by atoms with E-state index in [-0.39, 0.29) is 25.1 Å². The molecule has 2 atom stereocenters. The molecule has 4 nitrogen and oxygen atoms in total. The fourth-order valence-electron chi connectivity index (χ4n) is 6.95. The number of halogens is 4. The van der Waals surface area contributed by atoms with Crippen LogP contribution in [0.2, 0.25) is 0 Å². The average Bonchev–Trinajstić information content (AvgIpc) is 3.33. The molecule has 2 aliphatic rings. The van der Waals surface area contributed by atoms with Crippen molar-refractivity contribution in [2.75, 3.05) is 20.6 Å². The van der Waals surface area contributed by atoms with Gasteiger partial charge in [-0.05, 0) is 73.6 Å². The molecule has 1 saturated carbocycles. The number of hydrogen-bond acceptors (Lipinski definition) is 2. The Labute approximate surface area is 236 Å². The maximum atomic E-state index is 17.2. The summed E-state index contributed by atoms with van der Waals surface area (Å²) in [5.74, 6) is -1.46. The van der Waals surface area contributed by atoms with Crippen LogP contribution < -0.4 is 0 Å². The second-order valence-electron chi connectivity index (χ2n) is 11.3. The van der Waals surface area contributed by atoms with Gasteiger partial charge in [0.2, 0.25) is 5.91 Å². The van der Waals surface area contributed by atoms with Crippen LogP contribution in [-0.2, 0) is 22.3 Å². The predicted molar refractivity (Wildman–Crippen MR) is 152 cm³/mol. The highest BCUT2D eigenvalue weighted by Gasteiger charge is 2.64. The molecule has 4 aromatic rings. The normalized spacial score (nSPS) is 26.3. The van der Waals surface area contributed by atoms with Crippen molar-refractivity contribution < 1.29 is 22.4 Å². The minimum atomic E-state index is -1.98. The van der Waals surface area contributed by atoms with Crippen LogP contribution in [0.5, 0.6) is 0 Å². The fourth-order valence-corrected chi connectivity index (χ4v) is 6.95. The van der Waals surface area contributed by atoms with Crippen molar-refractivity contribution >= 4 is 22.9 Å². The number of nitrogens with one attached hydrogen (secondary N) is 1. The summed E-state index contributed by atoms with van der Waals surface area (Å²) in [6.45, 7) is 0.0597. The monoisotopic (exact) mass is 561 g/mol. The maximum Gasteiger partial charge on any atom is 0.247 e. The third kappa shape index (κ3) is 4.27. The van der Waals surface area contributed by atoms with Gasteiger partial charge < -0.3 is 9.88 Å². The van der Waals surface area contributed by atoms with Gasteiger partial charge in [0.05, 0.1) is 11.2 Å². The largest absolute Gasteiger partial charge is 0.356 e. The molecule has 0 saturated heterocycles. The number of carbonyl (C=O) groups is 1. The van der Waals surface area contributed by atoms with Crippen molar-refractivity contribution in [1.82, 2.24) is 14.8 Å². The number of aromatic amines is 1. The Morgan fingerprint density at radius 1 is 0.951 bits per heavy atom. The zero-order valence-electron chi connectivity index (χ0n) is 22.9. The van der Waals surface area contributed by atoms with E-state index in [0.717, 1.165) is 5.56 Å². The lowest BCUT2D eigenvalue weighted by atomic mass is 9.63. The Hall–Kier alpha value is -3.91. The van der Waals surface area contributed by atoms with E-state index in [2.05, 4.69) is 4.98 Å². The zero-order chi connectivity index (χ0) is 28.9. The number of benzene rings is 3. The summed E-state index contributed by atoms with van der Waals surface area (Å²) in [5.41, 5.74) is -0.451. The summed E-state index contributed by atoms with van der Waals surface area (Å²) in [7, 11) is 3.46. The van der Waals surface area contributed by atoms with Crippen molar-refractivity contribution in [1.29, 1.82) is 0 Å². The first-order chi connectivity index (χ1) is 19.7. The second-order valence-corrected chi connectivity index (χ2v) is 11.3. The number of alkyl halides is 2. The van der Waals surface area contributed by atoms with Crippen molar-refractivity contribution in [3.63, 3.8) is 0 Å². The summed E-state index contributed by atoms with van der Waals surface area (Å²) >= 11 is 0. The lowest BCUT2D eigenvalue weighted by Gasteiger charge is -2.57. The molecule has 8 heteroatoms. The van der Waals surface area contributed by atoms with Crippen molar-refractivity contribution in [2.24, 2.45) is 0 Å². The molecule has 2 unspecified atom stereocenters. The van der Waals surface area contributed by atoms with Crippen LogP contribution in [0.1, 0.15) is 35.2 Å². The van der Waals surface area contributed by atoms with E-state index in [1.54, 1.807) is 37.2 Å². The molecule has 2 heterocycles. The Kier molecular flexibility index (Phi) is 6.77. The van der Waals surface area contributed by atoms with Crippen LogP contribution in [0, 0.1) is 11.6 Å². The van der Waals surface area contributed by atoms with Gasteiger partial charge in [-0.2, -0.15) is 0 Å². The van der Waals surface area contributed by atoms with E-state index in [1.165, 1.54) is 41.3 Å². The number of nitrogens with zero attached hydrogens (tertiary/aromatic N) is 2. The smallest absolute Gasteiger partial charge is 0.247 e. The molecular formula is C33H31F4N3O. The number of H-pyrrole nitrogens is 1. The van der Waals surface area contributed by atoms with Crippen LogP contribution in [0.15, 0.2) is 78.9 Å². The minimum absolute atomic E-state index is 0.0597. The van der Waals surface area contributed by atoms with Crippen molar-refractivity contribution in [2.45, 2.75) is 42.7 Å². The standard InChI is InChI=1S/C33H31F4N3O/c1-39(2)32(22-9-6-10-23(34)17-22)19-28(36)33(29(37)20-32)31-25(26-18-24(35)12-13-27(26)38-31)15-16-40(33)30(41)14-11-21-7-4-3-5-8-21/h3-14,17-18,28-29,38H,15-16,19-20H2,1-2H3/b14-11+. The summed E-state index contributed by atoms with van der Waals surface area (Å²) in [6, 6.07) is 19.3. The molecule has 0 bridgehead atoms. The maximum absolute atomic E-state index is 17.2. The zero-order valence-corrected chi connectivity index (χ0v) is 22.9. The van der Waals surface area contributed by atoms with Crippen molar-refractivity contribution in [3.05, 3.63) is 113 Å². The van der Waals surface area contributed by atoms with E-state index in [4.69, 9.17) is 0 Å². The molecule has 6 rings (SSSR count). The SMILES string of the molecule is CN(C)C1(c2cccc(F)c2)CC(F)C2(c3[nH]c4ccc(F)cc4c3CCN2C(=O)/C=C/c2ccccc2)C(F)C1.